The third kappa shape index (κ3) is 3.95. The molecule has 5 aromatic rings. The lowest BCUT2D eigenvalue weighted by Crippen LogP contribution is -2.30. The van der Waals surface area contributed by atoms with E-state index < -0.39 is 18.6 Å². The number of nitrogens with zero attached hydrogens (tertiary/aromatic N) is 2. The predicted octanol–water partition coefficient (Wildman–Crippen LogP) is 8.65. The molecule has 5 rings (SSSR count). The molecular weight excluding hydrogens is 436 g/mol. The van der Waals surface area contributed by atoms with Crippen LogP contribution in [0.5, 0.6) is 0 Å². The zero-order valence-corrected chi connectivity index (χ0v) is 22.0. The van der Waals surface area contributed by atoms with E-state index in [1.165, 1.54) is 0 Å². The van der Waals surface area contributed by atoms with Gasteiger partial charge >= 0.3 is 0 Å². The highest BCUT2D eigenvalue weighted by Crippen LogP contribution is 2.38. The summed E-state index contributed by atoms with van der Waals surface area (Å²) in [7, 11) is 2.04. The number of para-hydroxylation sites is 3. The van der Waals surface area contributed by atoms with Crippen molar-refractivity contribution >= 4 is 11.0 Å². The second kappa shape index (κ2) is 9.43. The van der Waals surface area contributed by atoms with Gasteiger partial charge in [0.05, 0.1) is 12.6 Å². The number of aryl methyl sites for hydroxylation is 3. The number of imidazole rings is 1. The quantitative estimate of drug-likeness (QED) is 0.223. The number of hydrogen-bond donors (Lipinski definition) is 0. The molecule has 4 aromatic carbocycles. The van der Waals surface area contributed by atoms with E-state index in [4.69, 9.17) is 6.85 Å². The molecule has 2 nitrogen and oxygen atoms in total. The van der Waals surface area contributed by atoms with Crippen molar-refractivity contribution in [1.82, 2.24) is 4.57 Å². The van der Waals surface area contributed by atoms with Crippen molar-refractivity contribution in [2.45, 2.75) is 53.3 Å². The molecular formula is C34H37N2+. The van der Waals surface area contributed by atoms with E-state index in [-0.39, 0.29) is 0 Å². The Hall–Kier alpha value is -3.65. The first-order valence-electron chi connectivity index (χ1n) is 15.0. The first-order valence-corrected chi connectivity index (χ1v) is 12.5. The van der Waals surface area contributed by atoms with E-state index in [1.54, 1.807) is 12.1 Å². The molecule has 0 aliphatic carbocycles. The van der Waals surface area contributed by atoms with Gasteiger partial charge in [0, 0.05) is 18.0 Å². The Morgan fingerprint density at radius 2 is 1.42 bits per heavy atom. The molecule has 36 heavy (non-hydrogen) atoms. The van der Waals surface area contributed by atoms with Crippen molar-refractivity contribution in [1.29, 1.82) is 0 Å². The average Bonchev–Trinajstić information content (AvgIpc) is 3.19. The Balaban J connectivity index is 1.93. The van der Waals surface area contributed by atoms with E-state index in [9.17, 15) is 0 Å². The first kappa shape index (κ1) is 18.6. The SMILES string of the molecule is [2H]C([2H])([2H])c1ccccc1-c1ccc(C)c(-c2n(-c3c(C([2H])(C)C)cccc3C([2H])(C)C)c3ccccc3[n+]2C)c1. The molecule has 1 aromatic heterocycles. The number of rotatable bonds is 5. The molecule has 0 fully saturated rings. The second-order valence-electron chi connectivity index (χ2n) is 9.98. The first-order chi connectivity index (χ1) is 19.1. The molecule has 0 radical (unpaired) electrons. The van der Waals surface area contributed by atoms with Crippen LogP contribution in [0.15, 0.2) is 84.9 Å². The zero-order chi connectivity index (χ0) is 29.9. The highest BCUT2D eigenvalue weighted by atomic mass is 15.2. The molecule has 0 spiro atoms. The van der Waals surface area contributed by atoms with Crippen molar-refractivity contribution in [3.8, 4) is 28.2 Å². The van der Waals surface area contributed by atoms with Gasteiger partial charge in [-0.3, -0.25) is 0 Å². The molecule has 2 heteroatoms. The normalized spacial score (nSPS) is 14.7. The summed E-state index contributed by atoms with van der Waals surface area (Å²) in [5.74, 6) is -0.945. The molecule has 0 saturated heterocycles. The van der Waals surface area contributed by atoms with Crippen LogP contribution in [0.3, 0.4) is 0 Å². The lowest BCUT2D eigenvalue weighted by Gasteiger charge is -2.19. The van der Waals surface area contributed by atoms with Crippen LogP contribution in [0.1, 0.15) is 68.6 Å². The minimum Gasteiger partial charge on any atom is -0.225 e. The maximum atomic E-state index is 9.09. The standard InChI is InChI=1S/C34H37N2/c1-22(2)27-15-12-16-28(23(3)4)33(27)36-32-18-11-10-17-31(32)35(7)34(36)30-21-26(20-19-25(30)6)29-14-9-8-13-24(29)5/h8-23H,1-7H3/q+1/i5D3,22D,23D. The van der Waals surface area contributed by atoms with Gasteiger partial charge in [-0.15, -0.1) is 0 Å². The van der Waals surface area contributed by atoms with Gasteiger partial charge in [0.15, 0.2) is 11.0 Å². The predicted molar refractivity (Wildman–Crippen MR) is 153 cm³/mol. The Labute approximate surface area is 222 Å². The third-order valence-electron chi connectivity index (χ3n) is 7.07. The van der Waals surface area contributed by atoms with Gasteiger partial charge in [-0.05, 0) is 66.0 Å². The number of hydrogen-bond acceptors (Lipinski definition) is 0. The minimum absolute atomic E-state index is 0.319. The lowest BCUT2D eigenvalue weighted by atomic mass is 9.92. The number of benzene rings is 4. The van der Waals surface area contributed by atoms with Crippen LogP contribution >= 0.6 is 0 Å². The van der Waals surface area contributed by atoms with Gasteiger partial charge in [0.1, 0.15) is 5.69 Å². The average molecular weight is 479 g/mol. The topological polar surface area (TPSA) is 8.81 Å². The highest BCUT2D eigenvalue weighted by molar-refractivity contribution is 5.82. The summed E-state index contributed by atoms with van der Waals surface area (Å²) in [4.78, 5) is 0. The van der Waals surface area contributed by atoms with Crippen LogP contribution in [0, 0.1) is 13.8 Å². The van der Waals surface area contributed by atoms with E-state index in [1.807, 2.05) is 89.3 Å². The van der Waals surface area contributed by atoms with Crippen LogP contribution in [0.4, 0.5) is 0 Å². The van der Waals surface area contributed by atoms with Gasteiger partial charge in [-0.25, -0.2) is 4.57 Å². The highest BCUT2D eigenvalue weighted by Gasteiger charge is 2.31. The fourth-order valence-corrected chi connectivity index (χ4v) is 5.20. The van der Waals surface area contributed by atoms with Crippen LogP contribution < -0.4 is 4.57 Å². The molecule has 0 bridgehead atoms. The van der Waals surface area contributed by atoms with Gasteiger partial charge in [-0.1, -0.05) is 94.4 Å². The Kier molecular flexibility index (Phi) is 4.87. The maximum Gasteiger partial charge on any atom is 0.295 e. The third-order valence-corrected chi connectivity index (χ3v) is 7.07. The van der Waals surface area contributed by atoms with Crippen molar-refractivity contribution in [2.24, 2.45) is 7.05 Å². The Morgan fingerprint density at radius 1 is 0.750 bits per heavy atom. The van der Waals surface area contributed by atoms with Gasteiger partial charge < -0.3 is 0 Å². The van der Waals surface area contributed by atoms with Gasteiger partial charge in [-0.2, -0.15) is 4.57 Å². The summed E-state index contributed by atoms with van der Waals surface area (Å²) in [6.07, 6.45) is 0. The molecule has 0 saturated carbocycles. The molecule has 0 N–H and O–H groups in total. The minimum atomic E-state index is -2.24. The van der Waals surface area contributed by atoms with Crippen molar-refractivity contribution in [2.75, 3.05) is 0 Å². The van der Waals surface area contributed by atoms with Crippen LogP contribution in [-0.4, -0.2) is 4.57 Å². The summed E-state index contributed by atoms with van der Waals surface area (Å²) in [6.45, 7) is 7.36. The maximum absolute atomic E-state index is 9.09. The molecule has 0 aliphatic rings. The molecule has 1 heterocycles. The summed E-state index contributed by atoms with van der Waals surface area (Å²) < 4.78 is 46.9. The van der Waals surface area contributed by atoms with Gasteiger partial charge in [0.25, 0.3) is 5.82 Å². The lowest BCUT2D eigenvalue weighted by molar-refractivity contribution is -0.633. The molecule has 0 atom stereocenters. The van der Waals surface area contributed by atoms with E-state index in [0.29, 0.717) is 11.1 Å². The molecule has 182 valence electrons. The van der Waals surface area contributed by atoms with Crippen molar-refractivity contribution in [3.63, 3.8) is 0 Å². The monoisotopic (exact) mass is 478 g/mol. The van der Waals surface area contributed by atoms with Crippen molar-refractivity contribution in [3.05, 3.63) is 107 Å². The van der Waals surface area contributed by atoms with Gasteiger partial charge in [0.2, 0.25) is 0 Å². The van der Waals surface area contributed by atoms with Crippen molar-refractivity contribution < 1.29 is 11.4 Å². The fourth-order valence-electron chi connectivity index (χ4n) is 5.20. The van der Waals surface area contributed by atoms with Crippen LogP contribution in [0.25, 0.3) is 39.2 Å². The van der Waals surface area contributed by atoms with E-state index >= 15 is 0 Å². The van der Waals surface area contributed by atoms with E-state index in [2.05, 4.69) is 34.3 Å². The summed E-state index contributed by atoms with van der Waals surface area (Å²) in [5.41, 5.74) is 8.30. The summed E-state index contributed by atoms with van der Waals surface area (Å²) in [6, 6.07) is 27.4. The summed E-state index contributed by atoms with van der Waals surface area (Å²) >= 11 is 0. The van der Waals surface area contributed by atoms with Crippen LogP contribution in [-0.2, 0) is 7.05 Å². The number of aromatic nitrogens is 2. The fraction of sp³-hybridized carbons (Fsp3) is 0.265. The Bertz CT molecular complexity index is 1730. The smallest absolute Gasteiger partial charge is 0.225 e. The molecule has 0 amide bonds. The largest absolute Gasteiger partial charge is 0.295 e. The second-order valence-corrected chi connectivity index (χ2v) is 9.98. The summed E-state index contributed by atoms with van der Waals surface area (Å²) in [5, 5.41) is 0. The van der Waals surface area contributed by atoms with Crippen LogP contribution in [0.2, 0.25) is 0 Å². The van der Waals surface area contributed by atoms with E-state index in [0.717, 1.165) is 50.4 Å². The molecule has 0 unspecified atom stereocenters. The molecule has 0 aliphatic heterocycles. The Morgan fingerprint density at radius 3 is 2.11 bits per heavy atom. The number of fused-ring (bicyclic) bond motifs is 1. The zero-order valence-electron chi connectivity index (χ0n) is 27.0.